The number of anilines is 1. The summed E-state index contributed by atoms with van der Waals surface area (Å²) < 4.78 is 50.0. The number of halogens is 2. The summed E-state index contributed by atoms with van der Waals surface area (Å²) in [6.45, 7) is 10.9. The van der Waals surface area contributed by atoms with Gasteiger partial charge in [0.15, 0.2) is 17.3 Å². The molecular weight excluding hydrogens is 690 g/mol. The summed E-state index contributed by atoms with van der Waals surface area (Å²) in [5, 5.41) is 1.71. The number of piperazine rings is 1. The van der Waals surface area contributed by atoms with Crippen LogP contribution in [0.3, 0.4) is 0 Å². The standard InChI is InChI=1S/C42H44F2N6O4/c1-5-27-29(43)15-14-25-10-6-12-28(32(25)27)35-34(44)36-33-30(45-35)13-7-11-26-22-48(23-31-37(41(2,3)4)54-40(51)53-31)20-21-50(26)38(33)47-39(46-36)52-24-42-16-8-18-49(42)19-9-17-42/h1,6,10,12,14-15,26H,7-9,11,13,16-24H2,2-4H3. The molecule has 4 aliphatic heterocycles. The van der Waals surface area contributed by atoms with Crippen LogP contribution in [0.5, 0.6) is 6.01 Å². The third-order valence-corrected chi connectivity index (χ3v) is 12.0. The number of terminal acetylenes is 1. The minimum Gasteiger partial charge on any atom is -0.461 e. The van der Waals surface area contributed by atoms with E-state index in [-0.39, 0.29) is 39.8 Å². The zero-order valence-corrected chi connectivity index (χ0v) is 31.0. The number of fused-ring (bicyclic) bond motifs is 4. The maximum atomic E-state index is 17.3. The molecule has 0 radical (unpaired) electrons. The summed E-state index contributed by atoms with van der Waals surface area (Å²) in [5.74, 6) is 2.35. The maximum absolute atomic E-state index is 17.3. The Kier molecular flexibility index (Phi) is 8.50. The molecule has 9 rings (SSSR count). The van der Waals surface area contributed by atoms with E-state index >= 15 is 8.78 Å². The average Bonchev–Trinajstić information content (AvgIpc) is 3.85. The van der Waals surface area contributed by atoms with Gasteiger partial charge in [0, 0.05) is 42.0 Å². The summed E-state index contributed by atoms with van der Waals surface area (Å²) in [6, 6.07) is 8.55. The van der Waals surface area contributed by atoms with E-state index in [1.165, 1.54) is 6.07 Å². The summed E-state index contributed by atoms with van der Waals surface area (Å²) in [4.78, 5) is 34.1. The van der Waals surface area contributed by atoms with Crippen LogP contribution in [0.25, 0.3) is 32.9 Å². The second kappa shape index (κ2) is 13.2. The van der Waals surface area contributed by atoms with Crippen LogP contribution >= 0.6 is 0 Å². The molecule has 54 heavy (non-hydrogen) atoms. The Morgan fingerprint density at radius 1 is 1.00 bits per heavy atom. The van der Waals surface area contributed by atoms with E-state index in [0.717, 1.165) is 51.6 Å². The predicted octanol–water partition coefficient (Wildman–Crippen LogP) is 6.98. The van der Waals surface area contributed by atoms with Crippen molar-refractivity contribution in [3.05, 3.63) is 75.4 Å². The lowest BCUT2D eigenvalue weighted by atomic mass is 9.92. The molecule has 5 aromatic rings. The highest BCUT2D eigenvalue weighted by molar-refractivity contribution is 6.02. The van der Waals surface area contributed by atoms with Crippen LogP contribution in [0.4, 0.5) is 14.6 Å². The molecule has 0 bridgehead atoms. The van der Waals surface area contributed by atoms with Gasteiger partial charge in [0.05, 0.1) is 28.7 Å². The van der Waals surface area contributed by atoms with Crippen LogP contribution in [0.15, 0.2) is 44.0 Å². The molecule has 3 fully saturated rings. The number of nitrogens with zero attached hydrogens (tertiary/aromatic N) is 6. The van der Waals surface area contributed by atoms with Crippen molar-refractivity contribution in [1.82, 2.24) is 24.8 Å². The lowest BCUT2D eigenvalue weighted by Gasteiger charge is -2.43. The van der Waals surface area contributed by atoms with E-state index in [4.69, 9.17) is 34.9 Å². The molecule has 280 valence electrons. The fraction of sp³-hybridized carbons (Fsp3) is 0.476. The molecule has 12 heteroatoms. The highest BCUT2D eigenvalue weighted by Crippen LogP contribution is 2.42. The Bertz CT molecular complexity index is 2380. The largest absolute Gasteiger partial charge is 0.519 e. The van der Waals surface area contributed by atoms with Crippen molar-refractivity contribution in [3.63, 3.8) is 0 Å². The lowest BCUT2D eigenvalue weighted by Crippen LogP contribution is -2.53. The summed E-state index contributed by atoms with van der Waals surface area (Å²) in [6.07, 6.45) is 12.3. The van der Waals surface area contributed by atoms with Crippen LogP contribution in [-0.4, -0.2) is 75.7 Å². The molecule has 1 atom stereocenters. The van der Waals surface area contributed by atoms with Crippen molar-refractivity contribution in [2.45, 2.75) is 89.3 Å². The van der Waals surface area contributed by atoms with Crippen molar-refractivity contribution < 1.29 is 22.4 Å². The molecule has 4 aliphatic rings. The highest BCUT2D eigenvalue weighted by atomic mass is 19.1. The molecular formula is C42H44F2N6O4. The first kappa shape index (κ1) is 34.9. The van der Waals surface area contributed by atoms with Crippen LogP contribution in [0.1, 0.15) is 82.1 Å². The van der Waals surface area contributed by atoms with Gasteiger partial charge in [0.1, 0.15) is 29.5 Å². The third-order valence-electron chi connectivity index (χ3n) is 12.0. The molecule has 2 aromatic carbocycles. The molecule has 3 aromatic heterocycles. The molecule has 0 saturated carbocycles. The van der Waals surface area contributed by atoms with Crippen LogP contribution in [0, 0.1) is 24.0 Å². The van der Waals surface area contributed by atoms with Crippen molar-refractivity contribution in [2.24, 2.45) is 0 Å². The Hall–Kier alpha value is -4.86. The fourth-order valence-corrected chi connectivity index (χ4v) is 9.47. The van der Waals surface area contributed by atoms with Gasteiger partial charge in [-0.2, -0.15) is 9.97 Å². The van der Waals surface area contributed by atoms with E-state index in [9.17, 15) is 4.79 Å². The first-order valence-electron chi connectivity index (χ1n) is 19.1. The average molecular weight is 735 g/mol. The minimum atomic E-state index is -0.692. The Morgan fingerprint density at radius 3 is 2.59 bits per heavy atom. The number of ether oxygens (including phenoxy) is 1. The van der Waals surface area contributed by atoms with Gasteiger partial charge in [-0.15, -0.1) is 6.42 Å². The van der Waals surface area contributed by atoms with Gasteiger partial charge >= 0.3 is 11.8 Å². The van der Waals surface area contributed by atoms with Crippen molar-refractivity contribution in [3.8, 4) is 29.6 Å². The predicted molar refractivity (Wildman–Crippen MR) is 202 cm³/mol. The number of pyridine rings is 1. The SMILES string of the molecule is C#Cc1c(F)ccc2cccc(-c3nc4c5c(nc(OCC67CCCN6CCC7)nc5c3F)N3CCN(Cc5oc(=O)oc5C(C)(C)C)CC3CCC4)c12. The number of benzene rings is 2. The molecule has 3 saturated heterocycles. The molecule has 0 N–H and O–H groups in total. The second-order valence-electron chi connectivity index (χ2n) is 16.4. The van der Waals surface area contributed by atoms with Crippen LogP contribution in [0.2, 0.25) is 0 Å². The Balaban J connectivity index is 1.15. The van der Waals surface area contributed by atoms with Crippen LogP contribution < -0.4 is 15.5 Å². The Morgan fingerprint density at radius 2 is 1.81 bits per heavy atom. The van der Waals surface area contributed by atoms with Gasteiger partial charge in [-0.3, -0.25) is 9.80 Å². The summed E-state index contributed by atoms with van der Waals surface area (Å²) in [5.41, 5.74) is 0.942. The topological polar surface area (TPSA) is 101 Å². The van der Waals surface area contributed by atoms with E-state index < -0.39 is 17.5 Å². The highest BCUT2D eigenvalue weighted by Gasteiger charge is 2.45. The Labute approximate surface area is 312 Å². The lowest BCUT2D eigenvalue weighted by molar-refractivity contribution is 0.107. The van der Waals surface area contributed by atoms with Crippen molar-refractivity contribution in [1.29, 1.82) is 0 Å². The number of hydrogen-bond donors (Lipinski definition) is 0. The maximum Gasteiger partial charge on any atom is 0.519 e. The second-order valence-corrected chi connectivity index (χ2v) is 16.4. The van der Waals surface area contributed by atoms with E-state index in [1.54, 1.807) is 18.2 Å². The molecule has 1 unspecified atom stereocenters. The fourth-order valence-electron chi connectivity index (χ4n) is 9.47. The van der Waals surface area contributed by atoms with E-state index in [0.29, 0.717) is 84.0 Å². The van der Waals surface area contributed by atoms with Gasteiger partial charge < -0.3 is 18.5 Å². The van der Waals surface area contributed by atoms with Crippen molar-refractivity contribution >= 4 is 27.5 Å². The molecule has 0 spiro atoms. The number of hydrogen-bond acceptors (Lipinski definition) is 10. The van der Waals surface area contributed by atoms with Gasteiger partial charge in [-0.1, -0.05) is 51.0 Å². The van der Waals surface area contributed by atoms with Gasteiger partial charge in [-0.05, 0) is 69.5 Å². The zero-order valence-electron chi connectivity index (χ0n) is 31.0. The minimum absolute atomic E-state index is 0.0373. The number of rotatable bonds is 6. The molecule has 0 amide bonds. The summed E-state index contributed by atoms with van der Waals surface area (Å²) in [7, 11) is 0. The first-order valence-corrected chi connectivity index (χ1v) is 19.1. The summed E-state index contributed by atoms with van der Waals surface area (Å²) >= 11 is 0. The number of aryl methyl sites for hydroxylation is 1. The normalized spacial score (nSPS) is 20.1. The zero-order chi connectivity index (χ0) is 37.4. The smallest absolute Gasteiger partial charge is 0.461 e. The third kappa shape index (κ3) is 5.84. The van der Waals surface area contributed by atoms with E-state index in [2.05, 4.69) is 20.6 Å². The van der Waals surface area contributed by atoms with Crippen LogP contribution in [-0.2, 0) is 18.4 Å². The number of aromatic nitrogens is 3. The monoisotopic (exact) mass is 734 g/mol. The molecule has 10 nitrogen and oxygen atoms in total. The van der Waals surface area contributed by atoms with Gasteiger partial charge in [0.2, 0.25) is 0 Å². The van der Waals surface area contributed by atoms with Gasteiger partial charge in [0.25, 0.3) is 0 Å². The molecule has 7 heterocycles. The quantitative estimate of drug-likeness (QED) is 0.170. The van der Waals surface area contributed by atoms with Crippen molar-refractivity contribution in [2.75, 3.05) is 44.2 Å². The molecule has 0 aliphatic carbocycles. The van der Waals surface area contributed by atoms with E-state index in [1.807, 2.05) is 26.8 Å². The van der Waals surface area contributed by atoms with Gasteiger partial charge in [-0.25, -0.2) is 18.6 Å². The first-order chi connectivity index (χ1) is 26.0.